The number of ketones is 1. The SMILES string of the molecule is CCCCCCCCN(C(=O)C(Br)C(C)=O)c1ccccc1. The fourth-order valence-electron chi connectivity index (χ4n) is 2.34. The van der Waals surface area contributed by atoms with Crippen molar-refractivity contribution in [2.45, 2.75) is 57.2 Å². The maximum atomic E-state index is 12.5. The summed E-state index contributed by atoms with van der Waals surface area (Å²) in [6, 6.07) is 9.57. The van der Waals surface area contributed by atoms with Crippen LogP contribution in [-0.4, -0.2) is 23.1 Å². The fourth-order valence-corrected chi connectivity index (χ4v) is 2.58. The molecule has 1 rings (SSSR count). The van der Waals surface area contributed by atoms with Crippen LogP contribution < -0.4 is 4.90 Å². The third kappa shape index (κ3) is 6.30. The summed E-state index contributed by atoms with van der Waals surface area (Å²) in [5.41, 5.74) is 0.853. The predicted molar refractivity (Wildman–Crippen MR) is 95.6 cm³/mol. The maximum Gasteiger partial charge on any atom is 0.248 e. The van der Waals surface area contributed by atoms with Crippen LogP contribution >= 0.6 is 15.9 Å². The summed E-state index contributed by atoms with van der Waals surface area (Å²) >= 11 is 3.21. The second-order valence-electron chi connectivity index (χ2n) is 5.57. The van der Waals surface area contributed by atoms with E-state index in [9.17, 15) is 9.59 Å². The molecule has 122 valence electrons. The van der Waals surface area contributed by atoms with Crippen molar-refractivity contribution in [1.29, 1.82) is 0 Å². The second-order valence-corrected chi connectivity index (χ2v) is 6.48. The molecule has 0 radical (unpaired) electrons. The lowest BCUT2D eigenvalue weighted by molar-refractivity contribution is -0.124. The number of para-hydroxylation sites is 1. The molecule has 0 aromatic heterocycles. The van der Waals surface area contributed by atoms with Gasteiger partial charge in [-0.2, -0.15) is 0 Å². The van der Waals surface area contributed by atoms with Crippen LogP contribution in [0.2, 0.25) is 0 Å². The molecule has 22 heavy (non-hydrogen) atoms. The van der Waals surface area contributed by atoms with Crippen LogP contribution in [0.1, 0.15) is 52.4 Å². The van der Waals surface area contributed by atoms with Gasteiger partial charge in [0.15, 0.2) is 10.6 Å². The minimum Gasteiger partial charge on any atom is -0.311 e. The van der Waals surface area contributed by atoms with E-state index in [4.69, 9.17) is 0 Å². The minimum atomic E-state index is -0.757. The van der Waals surface area contributed by atoms with Crippen LogP contribution in [0, 0.1) is 0 Å². The summed E-state index contributed by atoms with van der Waals surface area (Å²) in [6.45, 7) is 4.29. The number of benzene rings is 1. The molecular weight excluding hydrogens is 342 g/mol. The van der Waals surface area contributed by atoms with Gasteiger partial charge in [-0.05, 0) is 25.5 Å². The average molecular weight is 368 g/mol. The van der Waals surface area contributed by atoms with Crippen LogP contribution in [0.15, 0.2) is 30.3 Å². The molecule has 1 amide bonds. The maximum absolute atomic E-state index is 12.5. The number of carbonyl (C=O) groups excluding carboxylic acids is 2. The molecule has 0 N–H and O–H groups in total. The van der Waals surface area contributed by atoms with E-state index in [1.807, 2.05) is 30.3 Å². The lowest BCUT2D eigenvalue weighted by Gasteiger charge is -2.24. The van der Waals surface area contributed by atoms with E-state index >= 15 is 0 Å². The van der Waals surface area contributed by atoms with Gasteiger partial charge in [0.1, 0.15) is 0 Å². The quantitative estimate of drug-likeness (QED) is 0.340. The van der Waals surface area contributed by atoms with Crippen LogP contribution in [0.25, 0.3) is 0 Å². The Labute approximate surface area is 142 Å². The Hall–Kier alpha value is -1.16. The van der Waals surface area contributed by atoms with E-state index in [0.717, 1.165) is 18.5 Å². The molecule has 0 heterocycles. The number of hydrogen-bond donors (Lipinski definition) is 0. The Morgan fingerprint density at radius 1 is 1.05 bits per heavy atom. The number of anilines is 1. The molecule has 0 bridgehead atoms. The molecule has 1 aromatic rings. The Morgan fingerprint density at radius 3 is 2.23 bits per heavy atom. The number of unbranched alkanes of at least 4 members (excludes halogenated alkanes) is 5. The van der Waals surface area contributed by atoms with Crippen molar-refractivity contribution < 1.29 is 9.59 Å². The van der Waals surface area contributed by atoms with Gasteiger partial charge < -0.3 is 4.90 Å². The van der Waals surface area contributed by atoms with Gasteiger partial charge in [0.05, 0.1) is 0 Å². The number of amides is 1. The minimum absolute atomic E-state index is 0.158. The standard InChI is InChI=1S/C18H26BrNO2/c1-3-4-5-6-7-11-14-20(16-12-9-8-10-13-16)18(22)17(19)15(2)21/h8-10,12-13,17H,3-7,11,14H2,1-2H3. The van der Waals surface area contributed by atoms with E-state index in [1.165, 1.54) is 32.6 Å². The molecule has 1 unspecified atom stereocenters. The highest BCUT2D eigenvalue weighted by molar-refractivity contribution is 9.10. The van der Waals surface area contributed by atoms with E-state index < -0.39 is 4.83 Å². The summed E-state index contributed by atoms with van der Waals surface area (Å²) in [6.07, 6.45) is 7.04. The summed E-state index contributed by atoms with van der Waals surface area (Å²) in [7, 11) is 0. The fraction of sp³-hybridized carbons (Fsp3) is 0.556. The number of halogens is 1. The number of rotatable bonds is 10. The molecule has 0 fully saturated rings. The Balaban J connectivity index is 2.64. The number of nitrogens with zero attached hydrogens (tertiary/aromatic N) is 1. The molecule has 0 aliphatic carbocycles. The first-order valence-electron chi connectivity index (χ1n) is 8.09. The third-order valence-corrected chi connectivity index (χ3v) is 4.68. The van der Waals surface area contributed by atoms with E-state index in [-0.39, 0.29) is 11.7 Å². The average Bonchev–Trinajstić information content (AvgIpc) is 2.53. The lowest BCUT2D eigenvalue weighted by Crippen LogP contribution is -2.40. The normalized spacial score (nSPS) is 12.0. The largest absolute Gasteiger partial charge is 0.311 e. The Kier molecular flexibility index (Phi) is 9.05. The highest BCUT2D eigenvalue weighted by Gasteiger charge is 2.26. The Bertz CT molecular complexity index is 461. The van der Waals surface area contributed by atoms with Gasteiger partial charge in [0.2, 0.25) is 5.91 Å². The number of hydrogen-bond acceptors (Lipinski definition) is 2. The van der Waals surface area contributed by atoms with Gasteiger partial charge in [-0.3, -0.25) is 9.59 Å². The first-order chi connectivity index (χ1) is 10.6. The molecule has 0 spiro atoms. The van der Waals surface area contributed by atoms with Crippen LogP contribution in [-0.2, 0) is 9.59 Å². The third-order valence-electron chi connectivity index (χ3n) is 3.64. The molecule has 0 saturated carbocycles. The van der Waals surface area contributed by atoms with Crippen molar-refractivity contribution in [3.63, 3.8) is 0 Å². The predicted octanol–water partition coefficient (Wildman–Crippen LogP) is 4.73. The molecule has 3 nitrogen and oxygen atoms in total. The van der Waals surface area contributed by atoms with Crippen molar-refractivity contribution in [2.24, 2.45) is 0 Å². The summed E-state index contributed by atoms with van der Waals surface area (Å²) in [5, 5.41) is 0. The molecule has 0 aliphatic heterocycles. The lowest BCUT2D eigenvalue weighted by atomic mass is 10.1. The zero-order valence-electron chi connectivity index (χ0n) is 13.6. The van der Waals surface area contributed by atoms with Crippen molar-refractivity contribution >= 4 is 33.3 Å². The topological polar surface area (TPSA) is 37.4 Å². The van der Waals surface area contributed by atoms with Crippen molar-refractivity contribution in [3.05, 3.63) is 30.3 Å². The second kappa shape index (κ2) is 10.5. The highest BCUT2D eigenvalue weighted by atomic mass is 79.9. The van der Waals surface area contributed by atoms with Crippen LogP contribution in [0.4, 0.5) is 5.69 Å². The van der Waals surface area contributed by atoms with E-state index in [0.29, 0.717) is 6.54 Å². The number of Topliss-reactive ketones (excluding diaryl/α,β-unsaturated/α-hetero) is 1. The van der Waals surface area contributed by atoms with Gasteiger partial charge in [-0.1, -0.05) is 73.2 Å². The van der Waals surface area contributed by atoms with Crippen LogP contribution in [0.3, 0.4) is 0 Å². The molecule has 0 saturated heterocycles. The smallest absolute Gasteiger partial charge is 0.248 e. The summed E-state index contributed by atoms with van der Waals surface area (Å²) < 4.78 is 0. The zero-order valence-corrected chi connectivity index (χ0v) is 15.1. The summed E-state index contributed by atoms with van der Waals surface area (Å²) in [4.78, 5) is 25.0. The first-order valence-corrected chi connectivity index (χ1v) is 9.00. The first kappa shape index (κ1) is 18.9. The molecule has 4 heteroatoms. The van der Waals surface area contributed by atoms with Gasteiger partial charge in [0, 0.05) is 12.2 Å². The molecule has 1 aromatic carbocycles. The van der Waals surface area contributed by atoms with Crippen LogP contribution in [0.5, 0.6) is 0 Å². The van der Waals surface area contributed by atoms with Gasteiger partial charge in [-0.25, -0.2) is 0 Å². The van der Waals surface area contributed by atoms with Gasteiger partial charge in [-0.15, -0.1) is 0 Å². The van der Waals surface area contributed by atoms with Crippen molar-refractivity contribution in [3.8, 4) is 0 Å². The zero-order chi connectivity index (χ0) is 16.4. The van der Waals surface area contributed by atoms with Crippen molar-refractivity contribution in [1.82, 2.24) is 0 Å². The number of carbonyl (C=O) groups is 2. The van der Waals surface area contributed by atoms with E-state index in [2.05, 4.69) is 22.9 Å². The highest BCUT2D eigenvalue weighted by Crippen LogP contribution is 2.19. The molecule has 0 aliphatic rings. The van der Waals surface area contributed by atoms with Crippen molar-refractivity contribution in [2.75, 3.05) is 11.4 Å². The number of alkyl halides is 1. The Morgan fingerprint density at radius 2 is 1.64 bits per heavy atom. The monoisotopic (exact) mass is 367 g/mol. The molecular formula is C18H26BrNO2. The van der Waals surface area contributed by atoms with Gasteiger partial charge in [0.25, 0.3) is 0 Å². The van der Waals surface area contributed by atoms with E-state index in [1.54, 1.807) is 4.90 Å². The molecule has 1 atom stereocenters. The summed E-state index contributed by atoms with van der Waals surface area (Å²) in [5.74, 6) is -0.332. The van der Waals surface area contributed by atoms with Gasteiger partial charge >= 0.3 is 0 Å².